The number of benzene rings is 1. The SMILES string of the molecule is CCCN1c2cc(NS(=O)[O-])c(N=Nc3nnc(C(=O)OCCOC)s3)cc2CCC1CC. The monoisotopic (exact) mass is 495 g/mol. The second-order valence-electron chi connectivity index (χ2n) is 7.35. The third-order valence-corrected chi connectivity index (χ3v) is 6.35. The van der Waals surface area contributed by atoms with E-state index in [1.54, 1.807) is 0 Å². The van der Waals surface area contributed by atoms with Gasteiger partial charge >= 0.3 is 5.97 Å². The lowest BCUT2D eigenvalue weighted by atomic mass is 9.93. The lowest BCUT2D eigenvalue weighted by molar-refractivity contribution is 0.0387. The van der Waals surface area contributed by atoms with Crippen LogP contribution in [0.15, 0.2) is 22.4 Å². The van der Waals surface area contributed by atoms with E-state index in [0.29, 0.717) is 17.4 Å². The number of ether oxygens (including phenoxy) is 2. The molecule has 2 atom stereocenters. The van der Waals surface area contributed by atoms with Crippen molar-refractivity contribution < 1.29 is 23.0 Å². The molecule has 1 aromatic heterocycles. The third kappa shape index (κ3) is 6.53. The molecule has 2 aromatic rings. The predicted molar refractivity (Wildman–Crippen MR) is 125 cm³/mol. The van der Waals surface area contributed by atoms with E-state index in [1.165, 1.54) is 7.11 Å². The second-order valence-corrected chi connectivity index (χ2v) is 8.98. The number of nitrogens with zero attached hydrogens (tertiary/aromatic N) is 5. The average molecular weight is 496 g/mol. The topological polar surface area (TPSA) is 141 Å². The number of carbonyl (C=O) groups is 1. The van der Waals surface area contributed by atoms with E-state index in [9.17, 15) is 13.6 Å². The van der Waals surface area contributed by atoms with Gasteiger partial charge in [0.05, 0.1) is 12.3 Å². The normalized spacial score (nSPS) is 16.6. The molecule has 0 spiro atoms. The van der Waals surface area contributed by atoms with Crippen molar-refractivity contribution in [3.63, 3.8) is 0 Å². The van der Waals surface area contributed by atoms with E-state index in [2.05, 4.69) is 43.9 Å². The summed E-state index contributed by atoms with van der Waals surface area (Å²) in [4.78, 5) is 14.3. The van der Waals surface area contributed by atoms with Gasteiger partial charge in [-0.1, -0.05) is 25.2 Å². The summed E-state index contributed by atoms with van der Waals surface area (Å²) in [5, 5.41) is 16.1. The highest BCUT2D eigenvalue weighted by atomic mass is 32.2. The molecule has 3 rings (SSSR count). The zero-order chi connectivity index (χ0) is 23.8. The molecule has 1 N–H and O–H groups in total. The van der Waals surface area contributed by atoms with Crippen molar-refractivity contribution in [1.82, 2.24) is 10.2 Å². The van der Waals surface area contributed by atoms with Crippen LogP contribution in [0.4, 0.5) is 22.2 Å². The molecule has 0 amide bonds. The van der Waals surface area contributed by atoms with Gasteiger partial charge < -0.3 is 23.6 Å². The number of hydrogen-bond acceptors (Lipinski definition) is 11. The fraction of sp³-hybridized carbons (Fsp3) is 0.550. The second kappa shape index (κ2) is 12.1. The van der Waals surface area contributed by atoms with Gasteiger partial charge in [0.2, 0.25) is 5.01 Å². The molecule has 0 aliphatic carbocycles. The summed E-state index contributed by atoms with van der Waals surface area (Å²) in [6, 6.07) is 4.08. The van der Waals surface area contributed by atoms with Crippen molar-refractivity contribution in [2.45, 2.75) is 45.6 Å². The lowest BCUT2D eigenvalue weighted by Crippen LogP contribution is -2.39. The number of methoxy groups -OCH3 is 1. The van der Waals surface area contributed by atoms with Crippen LogP contribution in [0.25, 0.3) is 0 Å². The summed E-state index contributed by atoms with van der Waals surface area (Å²) in [7, 11) is 1.51. The molecule has 0 saturated carbocycles. The van der Waals surface area contributed by atoms with Crippen LogP contribution in [0.2, 0.25) is 0 Å². The minimum Gasteiger partial charge on any atom is -0.755 e. The molecule has 1 aromatic carbocycles. The largest absolute Gasteiger partial charge is 0.755 e. The Bertz CT molecular complexity index is 1010. The minimum atomic E-state index is -2.52. The highest BCUT2D eigenvalue weighted by molar-refractivity contribution is 7.80. The van der Waals surface area contributed by atoms with Crippen LogP contribution in [-0.2, 0) is 27.2 Å². The Morgan fingerprint density at radius 1 is 1.33 bits per heavy atom. The molecule has 0 bridgehead atoms. The Morgan fingerprint density at radius 2 is 2.15 bits per heavy atom. The highest BCUT2D eigenvalue weighted by Crippen LogP contribution is 2.40. The van der Waals surface area contributed by atoms with Crippen molar-refractivity contribution in [2.75, 3.05) is 36.5 Å². The van der Waals surface area contributed by atoms with Gasteiger partial charge in [-0.2, -0.15) is 0 Å². The zero-order valence-corrected chi connectivity index (χ0v) is 20.4. The first-order valence-electron chi connectivity index (χ1n) is 10.7. The Kier molecular flexibility index (Phi) is 9.23. The fourth-order valence-electron chi connectivity index (χ4n) is 3.70. The van der Waals surface area contributed by atoms with Crippen LogP contribution in [0.3, 0.4) is 0 Å². The molecule has 0 saturated heterocycles. The number of fused-ring (bicyclic) bond motifs is 1. The van der Waals surface area contributed by atoms with Crippen molar-refractivity contribution in [1.29, 1.82) is 0 Å². The lowest BCUT2D eigenvalue weighted by Gasteiger charge is -2.39. The van der Waals surface area contributed by atoms with Crippen LogP contribution in [0, 0.1) is 0 Å². The van der Waals surface area contributed by atoms with Gasteiger partial charge in [-0.25, -0.2) is 4.79 Å². The predicted octanol–water partition coefficient (Wildman–Crippen LogP) is 3.90. The first-order valence-corrected chi connectivity index (χ1v) is 12.6. The number of hydrogen-bond donors (Lipinski definition) is 1. The number of esters is 1. The first kappa shape index (κ1) is 25.1. The van der Waals surface area contributed by atoms with E-state index in [4.69, 9.17) is 9.47 Å². The van der Waals surface area contributed by atoms with E-state index in [1.807, 2.05) is 12.1 Å². The van der Waals surface area contributed by atoms with Crippen LogP contribution in [-0.4, -0.2) is 57.8 Å². The average Bonchev–Trinajstić information content (AvgIpc) is 3.27. The van der Waals surface area contributed by atoms with Gasteiger partial charge in [-0.15, -0.1) is 20.4 Å². The van der Waals surface area contributed by atoms with Gasteiger partial charge in [-0.3, -0.25) is 4.21 Å². The highest BCUT2D eigenvalue weighted by Gasteiger charge is 2.26. The molecule has 180 valence electrons. The van der Waals surface area contributed by atoms with Crippen molar-refractivity contribution in [2.24, 2.45) is 10.2 Å². The van der Waals surface area contributed by atoms with Gasteiger partial charge in [-0.05, 0) is 43.4 Å². The Morgan fingerprint density at radius 3 is 2.85 bits per heavy atom. The van der Waals surface area contributed by atoms with E-state index in [0.717, 1.165) is 54.8 Å². The molecule has 13 heteroatoms. The van der Waals surface area contributed by atoms with Crippen molar-refractivity contribution in [3.8, 4) is 0 Å². The maximum atomic E-state index is 12.0. The third-order valence-electron chi connectivity index (χ3n) is 5.18. The summed E-state index contributed by atoms with van der Waals surface area (Å²) in [6.07, 6.45) is 3.89. The van der Waals surface area contributed by atoms with Crippen LogP contribution >= 0.6 is 11.3 Å². The molecule has 2 unspecified atom stereocenters. The van der Waals surface area contributed by atoms with Gasteiger partial charge in [0.1, 0.15) is 12.3 Å². The maximum Gasteiger partial charge on any atom is 0.369 e. The van der Waals surface area contributed by atoms with E-state index in [-0.39, 0.29) is 23.4 Å². The number of azo groups is 1. The summed E-state index contributed by atoms with van der Waals surface area (Å²) >= 11 is -1.60. The maximum absolute atomic E-state index is 12.0. The van der Waals surface area contributed by atoms with Crippen molar-refractivity contribution >= 4 is 50.8 Å². The number of rotatable bonds is 11. The molecule has 33 heavy (non-hydrogen) atoms. The van der Waals surface area contributed by atoms with Gasteiger partial charge in [0, 0.05) is 36.7 Å². The Hall–Kier alpha value is -2.48. The Balaban J connectivity index is 1.86. The summed E-state index contributed by atoms with van der Waals surface area (Å²) in [6.45, 7) is 5.56. The first-order chi connectivity index (χ1) is 16.0. The molecule has 11 nitrogen and oxygen atoms in total. The summed E-state index contributed by atoms with van der Waals surface area (Å²) < 4.78 is 35.1. The molecule has 1 aliphatic rings. The minimum absolute atomic E-state index is 0.0466. The molecule has 2 heterocycles. The Labute approximate surface area is 199 Å². The van der Waals surface area contributed by atoms with Crippen LogP contribution in [0.1, 0.15) is 48.5 Å². The number of aryl methyl sites for hydroxylation is 1. The smallest absolute Gasteiger partial charge is 0.369 e. The van der Waals surface area contributed by atoms with Crippen molar-refractivity contribution in [3.05, 3.63) is 22.7 Å². The number of carbonyl (C=O) groups excluding carboxylic acids is 1. The molecular formula is C20H27N6O5S2-. The molecular weight excluding hydrogens is 468 g/mol. The fourth-order valence-corrected chi connectivity index (χ4v) is 4.60. The standard InChI is InChI=1S/C20H28N6O5S2/c1-4-8-26-14(5-2)7-6-13-11-15(16(12-17(13)26)25-33(28)29)21-23-20-24-22-18(32-20)19(27)31-10-9-30-3/h11-12,14,25H,4-10H2,1-3H3,(H,28,29)/p-1. The van der Waals surface area contributed by atoms with Gasteiger partial charge in [0.15, 0.2) is 0 Å². The van der Waals surface area contributed by atoms with Crippen LogP contribution < -0.4 is 9.62 Å². The molecule has 1 aliphatic heterocycles. The quantitative estimate of drug-likeness (QED) is 0.214. The number of nitrogens with one attached hydrogen (secondary N) is 1. The zero-order valence-electron chi connectivity index (χ0n) is 18.8. The summed E-state index contributed by atoms with van der Waals surface area (Å²) in [5.74, 6) is -0.620. The van der Waals surface area contributed by atoms with Crippen LogP contribution in [0.5, 0.6) is 0 Å². The number of anilines is 2. The summed E-state index contributed by atoms with van der Waals surface area (Å²) in [5.41, 5.74) is 2.79. The van der Waals surface area contributed by atoms with Gasteiger partial charge in [0.25, 0.3) is 5.13 Å². The van der Waals surface area contributed by atoms with E-state index >= 15 is 0 Å². The number of aromatic nitrogens is 2. The van der Waals surface area contributed by atoms with E-state index < -0.39 is 17.2 Å². The molecule has 0 fully saturated rings. The molecule has 0 radical (unpaired) electrons.